The lowest BCUT2D eigenvalue weighted by atomic mass is 10.3. The standard InChI is InChI=1S/C16H16N3O4P/c1-19-12-15(20)17-16(19)18-24(21,22-13-8-4-2-5-9-13)23-14-10-6-3-7-11-14/h2-11H,12H2,1H3,(H,17,18,20,21). The largest absolute Gasteiger partial charge is 0.566 e. The number of hydrogen-bond acceptors (Lipinski definition) is 4. The van der Waals surface area contributed by atoms with Crippen molar-refractivity contribution in [3.05, 3.63) is 60.7 Å². The SMILES string of the molecule is CN1CC(=O)N/C1=N/P(=O)(Oc1ccccc1)Oc1ccccc1. The van der Waals surface area contributed by atoms with Crippen LogP contribution in [0.3, 0.4) is 0 Å². The number of guanidine groups is 1. The van der Waals surface area contributed by atoms with E-state index in [-0.39, 0.29) is 18.4 Å². The summed E-state index contributed by atoms with van der Waals surface area (Å²) in [5.41, 5.74) is 0. The first-order valence-electron chi connectivity index (χ1n) is 7.25. The van der Waals surface area contributed by atoms with Crippen LogP contribution < -0.4 is 14.4 Å². The van der Waals surface area contributed by atoms with Crippen molar-refractivity contribution in [1.82, 2.24) is 10.2 Å². The summed E-state index contributed by atoms with van der Waals surface area (Å²) in [5, 5.41) is 2.54. The topological polar surface area (TPSA) is 80.2 Å². The molecule has 0 unspecified atom stereocenters. The first kappa shape index (κ1) is 16.1. The highest BCUT2D eigenvalue weighted by molar-refractivity contribution is 7.53. The third-order valence-corrected chi connectivity index (χ3v) is 4.46. The fourth-order valence-corrected chi connectivity index (χ4v) is 3.39. The van der Waals surface area contributed by atoms with Crippen LogP contribution >= 0.6 is 7.75 Å². The highest BCUT2D eigenvalue weighted by Gasteiger charge is 2.33. The van der Waals surface area contributed by atoms with Gasteiger partial charge in [-0.15, -0.1) is 4.76 Å². The van der Waals surface area contributed by atoms with Gasteiger partial charge in [-0.05, 0) is 24.3 Å². The molecule has 1 saturated heterocycles. The van der Waals surface area contributed by atoms with E-state index in [0.717, 1.165) is 0 Å². The van der Waals surface area contributed by atoms with Crippen molar-refractivity contribution in [2.24, 2.45) is 4.76 Å². The van der Waals surface area contributed by atoms with E-state index < -0.39 is 7.75 Å². The van der Waals surface area contributed by atoms with Gasteiger partial charge in [-0.1, -0.05) is 36.4 Å². The fraction of sp³-hybridized carbons (Fsp3) is 0.125. The van der Waals surface area contributed by atoms with Crippen LogP contribution in [0.4, 0.5) is 0 Å². The van der Waals surface area contributed by atoms with Gasteiger partial charge in [-0.2, -0.15) is 0 Å². The van der Waals surface area contributed by atoms with Gasteiger partial charge in [0.2, 0.25) is 11.9 Å². The Bertz CT molecular complexity index is 750. The van der Waals surface area contributed by atoms with Crippen molar-refractivity contribution in [2.45, 2.75) is 0 Å². The van der Waals surface area contributed by atoms with Crippen LogP contribution in [-0.4, -0.2) is 30.4 Å². The Morgan fingerprint density at radius 3 is 1.92 bits per heavy atom. The first-order chi connectivity index (χ1) is 11.5. The summed E-state index contributed by atoms with van der Waals surface area (Å²) in [5.74, 6) is 0.624. The maximum Gasteiger partial charge on any atom is 0.566 e. The highest BCUT2D eigenvalue weighted by Crippen LogP contribution is 2.50. The van der Waals surface area contributed by atoms with Crippen molar-refractivity contribution in [3.63, 3.8) is 0 Å². The molecule has 0 radical (unpaired) electrons. The summed E-state index contributed by atoms with van der Waals surface area (Å²) in [6.07, 6.45) is 0. The number of nitrogens with zero attached hydrogens (tertiary/aromatic N) is 2. The number of amides is 1. The minimum atomic E-state index is -3.94. The van der Waals surface area contributed by atoms with Crippen molar-refractivity contribution < 1.29 is 18.4 Å². The van der Waals surface area contributed by atoms with Crippen molar-refractivity contribution in [1.29, 1.82) is 0 Å². The fourth-order valence-electron chi connectivity index (χ4n) is 2.06. The van der Waals surface area contributed by atoms with E-state index in [9.17, 15) is 9.36 Å². The van der Waals surface area contributed by atoms with E-state index >= 15 is 0 Å². The Morgan fingerprint density at radius 2 is 1.50 bits per heavy atom. The van der Waals surface area contributed by atoms with Crippen LogP contribution in [0.15, 0.2) is 65.4 Å². The van der Waals surface area contributed by atoms with Crippen molar-refractivity contribution >= 4 is 19.6 Å². The van der Waals surface area contributed by atoms with E-state index in [1.165, 1.54) is 4.90 Å². The molecule has 3 rings (SSSR count). The molecule has 1 aliphatic heterocycles. The normalized spacial score (nSPS) is 16.1. The zero-order valence-electron chi connectivity index (χ0n) is 13.0. The molecule has 124 valence electrons. The number of para-hydroxylation sites is 2. The Balaban J connectivity index is 1.92. The molecular weight excluding hydrogens is 329 g/mol. The smallest absolute Gasteiger partial charge is 0.399 e. The van der Waals surface area contributed by atoms with Crippen LogP contribution in [-0.2, 0) is 9.36 Å². The maximum absolute atomic E-state index is 13.2. The molecule has 24 heavy (non-hydrogen) atoms. The molecule has 0 bridgehead atoms. The van der Waals surface area contributed by atoms with Gasteiger partial charge in [0.1, 0.15) is 11.5 Å². The number of carbonyl (C=O) groups excluding carboxylic acids is 1. The third kappa shape index (κ3) is 3.94. The van der Waals surface area contributed by atoms with Crippen LogP contribution in [0.5, 0.6) is 11.5 Å². The Hall–Kier alpha value is -2.79. The van der Waals surface area contributed by atoms with E-state index in [1.807, 2.05) is 12.1 Å². The second kappa shape index (κ2) is 6.76. The van der Waals surface area contributed by atoms with Crippen LogP contribution in [0, 0.1) is 0 Å². The van der Waals surface area contributed by atoms with Gasteiger partial charge in [-0.3, -0.25) is 10.1 Å². The highest BCUT2D eigenvalue weighted by atomic mass is 31.2. The monoisotopic (exact) mass is 345 g/mol. The molecule has 1 heterocycles. The number of likely N-dealkylation sites (N-methyl/N-ethyl adjacent to an activating group) is 1. The third-order valence-electron chi connectivity index (χ3n) is 3.14. The molecule has 1 aliphatic rings. The van der Waals surface area contributed by atoms with Crippen molar-refractivity contribution in [3.8, 4) is 11.5 Å². The molecule has 0 aromatic heterocycles. The Kier molecular flexibility index (Phi) is 4.53. The summed E-state index contributed by atoms with van der Waals surface area (Å²) in [7, 11) is -2.29. The molecular formula is C16H16N3O4P. The molecule has 0 aliphatic carbocycles. The predicted molar refractivity (Wildman–Crippen MR) is 90.0 cm³/mol. The van der Waals surface area contributed by atoms with Gasteiger partial charge < -0.3 is 13.9 Å². The average Bonchev–Trinajstić information content (AvgIpc) is 2.86. The first-order valence-corrected chi connectivity index (χ1v) is 8.74. The lowest BCUT2D eigenvalue weighted by Gasteiger charge is -2.17. The summed E-state index contributed by atoms with van der Waals surface area (Å²) in [6.45, 7) is 0.134. The average molecular weight is 345 g/mol. The molecule has 0 spiro atoms. The number of hydrogen-bond donors (Lipinski definition) is 1. The van der Waals surface area contributed by atoms with Gasteiger partial charge in [0.25, 0.3) is 0 Å². The quantitative estimate of drug-likeness (QED) is 0.843. The zero-order valence-corrected chi connectivity index (χ0v) is 13.8. The number of carbonyl (C=O) groups is 1. The molecule has 2 aromatic rings. The summed E-state index contributed by atoms with van der Waals surface area (Å²) < 4.78 is 28.2. The minimum absolute atomic E-state index is 0.134. The molecule has 8 heteroatoms. The lowest BCUT2D eigenvalue weighted by molar-refractivity contribution is -0.118. The number of rotatable bonds is 5. The second-order valence-electron chi connectivity index (χ2n) is 5.11. The number of benzene rings is 2. The van der Waals surface area contributed by atoms with Gasteiger partial charge in [-0.25, -0.2) is 4.57 Å². The second-order valence-corrected chi connectivity index (χ2v) is 6.61. The Morgan fingerprint density at radius 1 is 1.00 bits per heavy atom. The van der Waals surface area contributed by atoms with E-state index in [0.29, 0.717) is 11.5 Å². The molecule has 1 amide bonds. The molecule has 1 N–H and O–H groups in total. The molecule has 0 saturated carbocycles. The zero-order chi connectivity index (χ0) is 17.0. The van der Waals surface area contributed by atoms with Gasteiger partial charge in [0.05, 0.1) is 6.54 Å². The van der Waals surface area contributed by atoms with Gasteiger partial charge >= 0.3 is 7.75 Å². The predicted octanol–water partition coefficient (Wildman–Crippen LogP) is 2.67. The lowest BCUT2D eigenvalue weighted by Crippen LogP contribution is -2.27. The van der Waals surface area contributed by atoms with Crippen LogP contribution in [0.2, 0.25) is 0 Å². The summed E-state index contributed by atoms with van der Waals surface area (Å²) in [6, 6.07) is 17.2. The van der Waals surface area contributed by atoms with Gasteiger partial charge in [0, 0.05) is 7.05 Å². The summed E-state index contributed by atoms with van der Waals surface area (Å²) in [4.78, 5) is 13.0. The molecule has 1 fully saturated rings. The summed E-state index contributed by atoms with van der Waals surface area (Å²) >= 11 is 0. The molecule has 7 nitrogen and oxygen atoms in total. The molecule has 0 atom stereocenters. The van der Waals surface area contributed by atoms with E-state index in [1.54, 1.807) is 55.6 Å². The van der Waals surface area contributed by atoms with Crippen LogP contribution in [0.25, 0.3) is 0 Å². The maximum atomic E-state index is 13.2. The number of nitrogens with one attached hydrogen (secondary N) is 1. The van der Waals surface area contributed by atoms with E-state index in [2.05, 4.69) is 10.1 Å². The van der Waals surface area contributed by atoms with E-state index in [4.69, 9.17) is 9.05 Å². The van der Waals surface area contributed by atoms with Crippen molar-refractivity contribution in [2.75, 3.05) is 13.6 Å². The Labute approximate surface area is 139 Å². The van der Waals surface area contributed by atoms with Gasteiger partial charge in [0.15, 0.2) is 0 Å². The minimum Gasteiger partial charge on any atom is -0.399 e. The van der Waals surface area contributed by atoms with Crippen LogP contribution in [0.1, 0.15) is 0 Å². The molecule has 2 aromatic carbocycles.